The summed E-state index contributed by atoms with van der Waals surface area (Å²) in [5.74, 6) is 1.60. The summed E-state index contributed by atoms with van der Waals surface area (Å²) in [6.45, 7) is 6.70. The number of hydrogen-bond acceptors (Lipinski definition) is 5. The maximum absolute atomic E-state index is 12.0. The number of rotatable bonds is 4. The highest BCUT2D eigenvalue weighted by Gasteiger charge is 2.16. The molecule has 6 heteroatoms. The standard InChI is InChI=1S/C18H23N5O/c1-13-5-7-23(8-6-13)17-4-3-15(10-21-17)11-22-18(24)16-12-19-14(2)9-20-16/h3-4,9-10,12-13H,5-8,11H2,1-2H3,(H,22,24). The van der Waals surface area contributed by atoms with Crippen LogP contribution in [0.2, 0.25) is 0 Å². The predicted molar refractivity (Wildman–Crippen MR) is 92.8 cm³/mol. The van der Waals surface area contributed by atoms with Crippen molar-refractivity contribution in [1.82, 2.24) is 20.3 Å². The fourth-order valence-corrected chi connectivity index (χ4v) is 2.73. The maximum atomic E-state index is 12.0. The van der Waals surface area contributed by atoms with Crippen molar-refractivity contribution in [1.29, 1.82) is 0 Å². The molecule has 0 aromatic carbocycles. The van der Waals surface area contributed by atoms with Crippen molar-refractivity contribution in [2.24, 2.45) is 5.92 Å². The fourth-order valence-electron chi connectivity index (χ4n) is 2.73. The van der Waals surface area contributed by atoms with Gasteiger partial charge in [-0.1, -0.05) is 13.0 Å². The van der Waals surface area contributed by atoms with E-state index in [9.17, 15) is 4.79 Å². The highest BCUT2D eigenvalue weighted by atomic mass is 16.1. The van der Waals surface area contributed by atoms with Gasteiger partial charge < -0.3 is 10.2 Å². The quantitative estimate of drug-likeness (QED) is 0.934. The van der Waals surface area contributed by atoms with Crippen LogP contribution < -0.4 is 10.2 Å². The first kappa shape index (κ1) is 16.4. The molecular weight excluding hydrogens is 302 g/mol. The Morgan fingerprint density at radius 2 is 1.96 bits per heavy atom. The van der Waals surface area contributed by atoms with Gasteiger partial charge >= 0.3 is 0 Å². The van der Waals surface area contributed by atoms with Crippen LogP contribution in [0.4, 0.5) is 5.82 Å². The summed E-state index contributed by atoms with van der Waals surface area (Å²) in [4.78, 5) is 27.0. The van der Waals surface area contributed by atoms with Gasteiger partial charge in [0.05, 0.1) is 11.9 Å². The fraction of sp³-hybridized carbons (Fsp3) is 0.444. The van der Waals surface area contributed by atoms with Crippen LogP contribution in [0.15, 0.2) is 30.7 Å². The molecule has 0 aliphatic carbocycles. The lowest BCUT2D eigenvalue weighted by atomic mass is 9.99. The molecule has 126 valence electrons. The highest BCUT2D eigenvalue weighted by molar-refractivity contribution is 5.91. The summed E-state index contributed by atoms with van der Waals surface area (Å²) < 4.78 is 0. The number of pyridine rings is 1. The molecule has 2 aromatic rings. The van der Waals surface area contributed by atoms with Gasteiger partial charge in [-0.2, -0.15) is 0 Å². The van der Waals surface area contributed by atoms with Crippen molar-refractivity contribution in [2.45, 2.75) is 33.2 Å². The first-order chi connectivity index (χ1) is 11.6. The average molecular weight is 325 g/mol. The Labute approximate surface area is 142 Å². The number of amides is 1. The number of nitrogens with zero attached hydrogens (tertiary/aromatic N) is 4. The highest BCUT2D eigenvalue weighted by Crippen LogP contribution is 2.21. The first-order valence-corrected chi connectivity index (χ1v) is 8.38. The van der Waals surface area contributed by atoms with Crippen LogP contribution in [-0.4, -0.2) is 33.9 Å². The van der Waals surface area contributed by atoms with E-state index in [1.165, 1.54) is 19.0 Å². The van der Waals surface area contributed by atoms with Gasteiger partial charge in [0, 0.05) is 32.0 Å². The Kier molecular flexibility index (Phi) is 5.03. The van der Waals surface area contributed by atoms with E-state index in [-0.39, 0.29) is 5.91 Å². The second-order valence-corrected chi connectivity index (χ2v) is 6.42. The minimum atomic E-state index is -0.225. The van der Waals surface area contributed by atoms with Crippen molar-refractivity contribution >= 4 is 11.7 Å². The predicted octanol–water partition coefficient (Wildman–Crippen LogP) is 2.35. The molecule has 0 saturated carbocycles. The van der Waals surface area contributed by atoms with E-state index in [2.05, 4.69) is 32.1 Å². The van der Waals surface area contributed by atoms with Crippen LogP contribution in [0.1, 0.15) is 41.5 Å². The average Bonchev–Trinajstić information content (AvgIpc) is 2.61. The number of carbonyl (C=O) groups is 1. The lowest BCUT2D eigenvalue weighted by molar-refractivity contribution is 0.0945. The van der Waals surface area contributed by atoms with E-state index in [0.717, 1.165) is 36.1 Å². The molecule has 24 heavy (non-hydrogen) atoms. The Morgan fingerprint density at radius 1 is 1.17 bits per heavy atom. The molecular formula is C18H23N5O. The number of anilines is 1. The minimum absolute atomic E-state index is 0.225. The summed E-state index contributed by atoms with van der Waals surface area (Å²) in [7, 11) is 0. The van der Waals surface area contributed by atoms with E-state index in [4.69, 9.17) is 0 Å². The molecule has 1 saturated heterocycles. The molecule has 2 aromatic heterocycles. The van der Waals surface area contributed by atoms with E-state index in [1.807, 2.05) is 25.3 Å². The van der Waals surface area contributed by atoms with Crippen molar-refractivity contribution in [2.75, 3.05) is 18.0 Å². The Balaban J connectivity index is 1.54. The molecule has 0 spiro atoms. The van der Waals surface area contributed by atoms with E-state index in [0.29, 0.717) is 12.2 Å². The molecule has 6 nitrogen and oxygen atoms in total. The summed E-state index contributed by atoms with van der Waals surface area (Å²) in [5.41, 5.74) is 2.09. The second kappa shape index (κ2) is 7.38. The molecule has 1 fully saturated rings. The van der Waals surface area contributed by atoms with Gasteiger partial charge in [0.1, 0.15) is 11.5 Å². The third-order valence-corrected chi connectivity index (χ3v) is 4.38. The van der Waals surface area contributed by atoms with Gasteiger partial charge in [0.2, 0.25) is 0 Å². The number of nitrogens with one attached hydrogen (secondary N) is 1. The van der Waals surface area contributed by atoms with Crippen molar-refractivity contribution < 1.29 is 4.79 Å². The zero-order chi connectivity index (χ0) is 16.9. The normalized spacial score (nSPS) is 15.3. The molecule has 0 bridgehead atoms. The zero-order valence-electron chi connectivity index (χ0n) is 14.2. The molecule has 0 atom stereocenters. The topological polar surface area (TPSA) is 71.0 Å². The number of aryl methyl sites for hydroxylation is 1. The molecule has 1 aliphatic rings. The van der Waals surface area contributed by atoms with E-state index >= 15 is 0 Å². The van der Waals surface area contributed by atoms with Gasteiger partial charge in [0.25, 0.3) is 5.91 Å². The van der Waals surface area contributed by atoms with E-state index < -0.39 is 0 Å². The molecule has 1 aliphatic heterocycles. The van der Waals surface area contributed by atoms with Crippen LogP contribution in [0.25, 0.3) is 0 Å². The Bertz CT molecular complexity index is 676. The maximum Gasteiger partial charge on any atom is 0.271 e. The SMILES string of the molecule is Cc1cnc(C(=O)NCc2ccc(N3CCC(C)CC3)nc2)cn1. The molecule has 3 rings (SSSR count). The number of aromatic nitrogens is 3. The van der Waals surface area contributed by atoms with Crippen LogP contribution in [0.5, 0.6) is 0 Å². The first-order valence-electron chi connectivity index (χ1n) is 8.38. The molecule has 1 amide bonds. The Morgan fingerprint density at radius 3 is 2.58 bits per heavy atom. The van der Waals surface area contributed by atoms with Crippen LogP contribution in [0.3, 0.4) is 0 Å². The largest absolute Gasteiger partial charge is 0.357 e. The second-order valence-electron chi connectivity index (χ2n) is 6.42. The molecule has 1 N–H and O–H groups in total. The van der Waals surface area contributed by atoms with Crippen LogP contribution in [0, 0.1) is 12.8 Å². The van der Waals surface area contributed by atoms with Gasteiger partial charge in [-0.05, 0) is 37.3 Å². The lowest BCUT2D eigenvalue weighted by Crippen LogP contribution is -2.33. The number of piperidine rings is 1. The monoisotopic (exact) mass is 325 g/mol. The third-order valence-electron chi connectivity index (χ3n) is 4.38. The van der Waals surface area contributed by atoms with Crippen molar-refractivity contribution in [3.63, 3.8) is 0 Å². The zero-order valence-corrected chi connectivity index (χ0v) is 14.2. The van der Waals surface area contributed by atoms with Gasteiger partial charge in [-0.3, -0.25) is 9.78 Å². The Hall–Kier alpha value is -2.50. The summed E-state index contributed by atoms with van der Waals surface area (Å²) >= 11 is 0. The number of hydrogen-bond donors (Lipinski definition) is 1. The van der Waals surface area contributed by atoms with Crippen molar-refractivity contribution in [3.05, 3.63) is 47.7 Å². The van der Waals surface area contributed by atoms with Crippen LogP contribution >= 0.6 is 0 Å². The van der Waals surface area contributed by atoms with Gasteiger partial charge in [0.15, 0.2) is 0 Å². The lowest BCUT2D eigenvalue weighted by Gasteiger charge is -2.31. The van der Waals surface area contributed by atoms with Crippen molar-refractivity contribution in [3.8, 4) is 0 Å². The molecule has 3 heterocycles. The van der Waals surface area contributed by atoms with Gasteiger partial charge in [-0.15, -0.1) is 0 Å². The van der Waals surface area contributed by atoms with Gasteiger partial charge in [-0.25, -0.2) is 9.97 Å². The van der Waals surface area contributed by atoms with Crippen LogP contribution in [-0.2, 0) is 6.54 Å². The van der Waals surface area contributed by atoms with E-state index in [1.54, 1.807) is 6.20 Å². The smallest absolute Gasteiger partial charge is 0.271 e. The minimum Gasteiger partial charge on any atom is -0.357 e. The summed E-state index contributed by atoms with van der Waals surface area (Å²) in [5, 5.41) is 2.84. The molecule has 0 radical (unpaired) electrons. The summed E-state index contributed by atoms with van der Waals surface area (Å²) in [6, 6.07) is 4.05. The summed E-state index contributed by atoms with van der Waals surface area (Å²) in [6.07, 6.45) is 7.34. The third kappa shape index (κ3) is 4.07. The number of carbonyl (C=O) groups excluding carboxylic acids is 1. The molecule has 0 unspecified atom stereocenters.